The van der Waals surface area contributed by atoms with Gasteiger partial charge in [-0.1, -0.05) is 101 Å². The average molecular weight is 441 g/mol. The predicted molar refractivity (Wildman–Crippen MR) is 132 cm³/mol. The highest BCUT2D eigenvalue weighted by Gasteiger charge is 2.30. The molecule has 4 heteroatoms. The fraction of sp³-hybridized carbons (Fsp3) is 0.414. The monoisotopic (exact) mass is 440 g/mol. The van der Waals surface area contributed by atoms with Crippen molar-refractivity contribution in [1.29, 1.82) is 5.26 Å². The summed E-state index contributed by atoms with van der Waals surface area (Å²) in [5.41, 5.74) is 4.31. The number of benzene rings is 2. The Bertz CT molecular complexity index is 1070. The zero-order valence-electron chi connectivity index (χ0n) is 19.5. The summed E-state index contributed by atoms with van der Waals surface area (Å²) in [5, 5.41) is 9.47. The van der Waals surface area contributed by atoms with Crippen LogP contribution in [0.4, 0.5) is 0 Å². The molecule has 0 aliphatic heterocycles. The van der Waals surface area contributed by atoms with Gasteiger partial charge in [-0.25, -0.2) is 14.9 Å². The fourth-order valence-electron chi connectivity index (χ4n) is 4.51. The van der Waals surface area contributed by atoms with E-state index >= 15 is 0 Å². The number of nitrogens with zero attached hydrogens (tertiary/aromatic N) is 2. The molecule has 0 aromatic heterocycles. The van der Waals surface area contributed by atoms with Gasteiger partial charge in [0, 0.05) is 11.1 Å². The Kier molecular flexibility index (Phi) is 9.28. The summed E-state index contributed by atoms with van der Waals surface area (Å²) in [6.07, 6.45) is 12.3. The third-order valence-corrected chi connectivity index (χ3v) is 6.21. The second-order valence-electron chi connectivity index (χ2n) is 8.54. The topological polar surface area (TPSA) is 54.5 Å². The standard InChI is InChI=1S/C29H32N2O2/c1-3-4-5-6-7-8-9-10-11-14-20-33-29(32)25-19-15-18-24-27(25)22-16-12-13-17-23(22)28(24)26(21-30)31-2/h12-13,15-19H,3-11,14,20H2,1H3/b28-26+. The smallest absolute Gasteiger partial charge is 0.338 e. The first-order valence-electron chi connectivity index (χ1n) is 12.1. The Morgan fingerprint density at radius 3 is 2.12 bits per heavy atom. The normalized spacial score (nSPS) is 12.9. The van der Waals surface area contributed by atoms with Gasteiger partial charge in [-0.15, -0.1) is 0 Å². The van der Waals surface area contributed by atoms with Crippen molar-refractivity contribution in [2.24, 2.45) is 0 Å². The highest BCUT2D eigenvalue weighted by molar-refractivity contribution is 6.10. The molecule has 0 atom stereocenters. The molecule has 0 radical (unpaired) electrons. The molecule has 2 aromatic rings. The number of carbonyl (C=O) groups excluding carboxylic acids is 1. The Labute approximate surface area is 197 Å². The predicted octanol–water partition coefficient (Wildman–Crippen LogP) is 7.95. The van der Waals surface area contributed by atoms with Crippen LogP contribution >= 0.6 is 0 Å². The Hall–Kier alpha value is -3.37. The zero-order valence-corrected chi connectivity index (χ0v) is 19.5. The van der Waals surface area contributed by atoms with Crippen molar-refractivity contribution in [2.75, 3.05) is 6.61 Å². The van der Waals surface area contributed by atoms with E-state index in [0.717, 1.165) is 35.1 Å². The van der Waals surface area contributed by atoms with E-state index in [0.29, 0.717) is 17.7 Å². The Morgan fingerprint density at radius 2 is 1.48 bits per heavy atom. The molecule has 0 heterocycles. The third kappa shape index (κ3) is 5.91. The lowest BCUT2D eigenvalue weighted by molar-refractivity contribution is 0.0498. The molecule has 0 saturated heterocycles. The quantitative estimate of drug-likeness (QED) is 0.124. The summed E-state index contributed by atoms with van der Waals surface area (Å²) >= 11 is 0. The van der Waals surface area contributed by atoms with Crippen molar-refractivity contribution >= 4 is 11.5 Å². The number of rotatable bonds is 12. The van der Waals surface area contributed by atoms with Crippen LogP contribution in [0, 0.1) is 17.9 Å². The number of hydrogen-bond acceptors (Lipinski definition) is 3. The second-order valence-corrected chi connectivity index (χ2v) is 8.54. The molecule has 1 aliphatic carbocycles. The summed E-state index contributed by atoms with van der Waals surface area (Å²) in [5.74, 6) is -0.347. The van der Waals surface area contributed by atoms with Crippen molar-refractivity contribution in [3.63, 3.8) is 0 Å². The van der Waals surface area contributed by atoms with Gasteiger partial charge in [0.2, 0.25) is 0 Å². The van der Waals surface area contributed by atoms with E-state index in [1.807, 2.05) is 36.4 Å². The molecular formula is C29H32N2O2. The molecule has 0 amide bonds. The van der Waals surface area contributed by atoms with Crippen LogP contribution in [0.5, 0.6) is 0 Å². The molecule has 3 rings (SSSR count). The van der Waals surface area contributed by atoms with Crippen molar-refractivity contribution in [2.45, 2.75) is 71.1 Å². The number of esters is 1. The third-order valence-electron chi connectivity index (χ3n) is 6.21. The maximum absolute atomic E-state index is 12.9. The SMILES string of the molecule is [C-]#[N+]/C(C#N)=C1\c2ccccc2-c2c(C(=O)OCCCCCCCCCCCC)cccc21. The molecular weight excluding hydrogens is 408 g/mol. The number of ether oxygens (including phenoxy) is 1. The second kappa shape index (κ2) is 12.6. The van der Waals surface area contributed by atoms with Gasteiger partial charge in [0.15, 0.2) is 0 Å². The minimum Gasteiger partial charge on any atom is -0.462 e. The number of carbonyl (C=O) groups is 1. The average Bonchev–Trinajstić information content (AvgIpc) is 3.18. The maximum Gasteiger partial charge on any atom is 0.338 e. The van der Waals surface area contributed by atoms with Crippen LogP contribution in [-0.2, 0) is 4.74 Å². The molecule has 0 saturated carbocycles. The molecule has 0 N–H and O–H groups in total. The molecule has 0 bridgehead atoms. The van der Waals surface area contributed by atoms with Crippen LogP contribution in [0.15, 0.2) is 48.2 Å². The van der Waals surface area contributed by atoms with E-state index in [2.05, 4.69) is 11.8 Å². The first-order valence-corrected chi connectivity index (χ1v) is 12.1. The lowest BCUT2D eigenvalue weighted by Gasteiger charge is -2.10. The molecule has 0 fully saturated rings. The first-order chi connectivity index (χ1) is 16.2. The van der Waals surface area contributed by atoms with Gasteiger partial charge in [0.1, 0.15) is 0 Å². The maximum atomic E-state index is 12.9. The molecule has 1 aliphatic rings. The van der Waals surface area contributed by atoms with Gasteiger partial charge < -0.3 is 4.74 Å². The molecule has 0 unspecified atom stereocenters. The number of hydrogen-bond donors (Lipinski definition) is 0. The van der Waals surface area contributed by atoms with Crippen molar-refractivity contribution in [3.8, 4) is 17.2 Å². The van der Waals surface area contributed by atoms with Crippen molar-refractivity contribution in [1.82, 2.24) is 0 Å². The van der Waals surface area contributed by atoms with E-state index in [-0.39, 0.29) is 11.7 Å². The van der Waals surface area contributed by atoms with Crippen LogP contribution in [0.1, 0.15) is 92.6 Å². The minimum atomic E-state index is -0.347. The van der Waals surface area contributed by atoms with E-state index in [1.54, 1.807) is 12.1 Å². The fourth-order valence-corrected chi connectivity index (χ4v) is 4.51. The summed E-state index contributed by atoms with van der Waals surface area (Å²) in [4.78, 5) is 16.3. The van der Waals surface area contributed by atoms with Crippen LogP contribution in [0.25, 0.3) is 21.5 Å². The van der Waals surface area contributed by atoms with Gasteiger partial charge in [-0.3, -0.25) is 0 Å². The lowest BCUT2D eigenvalue weighted by atomic mass is 9.99. The number of unbranched alkanes of at least 4 members (excludes halogenated alkanes) is 9. The van der Waals surface area contributed by atoms with Crippen LogP contribution < -0.4 is 0 Å². The largest absolute Gasteiger partial charge is 0.462 e. The number of nitriles is 1. The van der Waals surface area contributed by atoms with Crippen LogP contribution in [0.2, 0.25) is 0 Å². The van der Waals surface area contributed by atoms with E-state index < -0.39 is 0 Å². The van der Waals surface area contributed by atoms with E-state index in [4.69, 9.17) is 11.3 Å². The number of allylic oxidation sites excluding steroid dienone is 1. The van der Waals surface area contributed by atoms with Gasteiger partial charge in [0.05, 0.1) is 24.8 Å². The summed E-state index contributed by atoms with van der Waals surface area (Å²) in [6.45, 7) is 10.1. The van der Waals surface area contributed by atoms with E-state index in [9.17, 15) is 10.1 Å². The minimum absolute atomic E-state index is 0.0390. The molecule has 4 nitrogen and oxygen atoms in total. The summed E-state index contributed by atoms with van der Waals surface area (Å²) in [6, 6.07) is 15.0. The van der Waals surface area contributed by atoms with Crippen LogP contribution in [-0.4, -0.2) is 12.6 Å². The highest BCUT2D eigenvalue weighted by atomic mass is 16.5. The Morgan fingerprint density at radius 1 is 0.879 bits per heavy atom. The zero-order chi connectivity index (χ0) is 23.5. The first kappa shape index (κ1) is 24.3. The van der Waals surface area contributed by atoms with Gasteiger partial charge >= 0.3 is 5.97 Å². The van der Waals surface area contributed by atoms with Gasteiger partial charge in [-0.05, 0) is 29.2 Å². The lowest BCUT2D eigenvalue weighted by Crippen LogP contribution is -2.08. The Balaban J connectivity index is 1.59. The summed E-state index contributed by atoms with van der Waals surface area (Å²) < 4.78 is 5.61. The van der Waals surface area contributed by atoms with E-state index in [1.165, 1.54) is 51.4 Å². The molecule has 170 valence electrons. The highest BCUT2D eigenvalue weighted by Crippen LogP contribution is 2.47. The van der Waals surface area contributed by atoms with Crippen LogP contribution in [0.3, 0.4) is 0 Å². The molecule has 0 spiro atoms. The summed E-state index contributed by atoms with van der Waals surface area (Å²) in [7, 11) is 0. The van der Waals surface area contributed by atoms with Crippen molar-refractivity contribution < 1.29 is 9.53 Å². The van der Waals surface area contributed by atoms with Crippen molar-refractivity contribution in [3.05, 3.63) is 76.3 Å². The molecule has 2 aromatic carbocycles. The number of fused-ring (bicyclic) bond motifs is 3. The molecule has 33 heavy (non-hydrogen) atoms. The van der Waals surface area contributed by atoms with Gasteiger partial charge in [-0.2, -0.15) is 0 Å². The van der Waals surface area contributed by atoms with Gasteiger partial charge in [0.25, 0.3) is 5.70 Å².